The van der Waals surface area contributed by atoms with E-state index in [-0.39, 0.29) is 19.0 Å². The minimum absolute atomic E-state index is 0.196. The van der Waals surface area contributed by atoms with Gasteiger partial charge in [0.15, 0.2) is 0 Å². The van der Waals surface area contributed by atoms with Gasteiger partial charge < -0.3 is 16.0 Å². The number of para-hydroxylation sites is 1. The van der Waals surface area contributed by atoms with Crippen molar-refractivity contribution in [2.24, 2.45) is 0 Å². The molecule has 0 radical (unpaired) electrons. The number of thiophene rings is 1. The summed E-state index contributed by atoms with van der Waals surface area (Å²) in [5.41, 5.74) is 0.769. The van der Waals surface area contributed by atoms with Crippen molar-refractivity contribution in [3.05, 3.63) is 58.8 Å². The van der Waals surface area contributed by atoms with E-state index < -0.39 is 11.8 Å². The molecule has 3 N–H and O–H groups in total. The van der Waals surface area contributed by atoms with Crippen LogP contribution >= 0.6 is 11.3 Å². The summed E-state index contributed by atoms with van der Waals surface area (Å²) in [6.45, 7) is -0.402. The van der Waals surface area contributed by atoms with Crippen LogP contribution in [-0.4, -0.2) is 35.8 Å². The number of benzene rings is 1. The number of pyridine rings is 1. The molecule has 132 valence electrons. The van der Waals surface area contributed by atoms with Crippen molar-refractivity contribution in [2.75, 3.05) is 18.4 Å². The quantitative estimate of drug-likeness (QED) is 0.617. The molecular formula is C18H16N4O3S. The van der Waals surface area contributed by atoms with Crippen molar-refractivity contribution in [1.29, 1.82) is 0 Å². The third-order valence-electron chi connectivity index (χ3n) is 3.47. The molecule has 1 aromatic carbocycles. The van der Waals surface area contributed by atoms with Gasteiger partial charge in [-0.1, -0.05) is 24.3 Å². The van der Waals surface area contributed by atoms with E-state index in [1.165, 1.54) is 11.3 Å². The van der Waals surface area contributed by atoms with Gasteiger partial charge in [-0.25, -0.2) is 4.98 Å². The lowest BCUT2D eigenvalue weighted by molar-refractivity contribution is -0.123. The Morgan fingerprint density at radius 3 is 2.50 bits per heavy atom. The molecule has 26 heavy (non-hydrogen) atoms. The predicted molar refractivity (Wildman–Crippen MR) is 100 cm³/mol. The van der Waals surface area contributed by atoms with Gasteiger partial charge in [0.05, 0.1) is 23.5 Å². The maximum absolute atomic E-state index is 11.9. The summed E-state index contributed by atoms with van der Waals surface area (Å²) in [5.74, 6) is -0.754. The fraction of sp³-hybridized carbons (Fsp3) is 0.111. The SMILES string of the molecule is O=C(CNC(=O)c1cccs1)NCC(=O)Nc1ccc2ccccc2n1. The molecule has 3 amide bonds. The molecule has 0 aliphatic rings. The molecule has 0 aliphatic heterocycles. The highest BCUT2D eigenvalue weighted by molar-refractivity contribution is 7.12. The van der Waals surface area contributed by atoms with E-state index in [4.69, 9.17) is 0 Å². The summed E-state index contributed by atoms with van der Waals surface area (Å²) < 4.78 is 0. The average molecular weight is 368 g/mol. The van der Waals surface area contributed by atoms with Crippen LogP contribution in [0.5, 0.6) is 0 Å². The van der Waals surface area contributed by atoms with Crippen LogP contribution in [0.2, 0.25) is 0 Å². The zero-order valence-corrected chi connectivity index (χ0v) is 14.5. The van der Waals surface area contributed by atoms with Crippen LogP contribution < -0.4 is 16.0 Å². The summed E-state index contributed by atoms with van der Waals surface area (Å²) in [4.78, 5) is 40.2. The van der Waals surface area contributed by atoms with Crippen LogP contribution in [0.1, 0.15) is 9.67 Å². The third kappa shape index (κ3) is 4.64. The molecule has 0 unspecified atom stereocenters. The Balaban J connectivity index is 1.44. The summed E-state index contributed by atoms with van der Waals surface area (Å²) in [7, 11) is 0. The highest BCUT2D eigenvalue weighted by atomic mass is 32.1. The smallest absolute Gasteiger partial charge is 0.261 e. The fourth-order valence-corrected chi connectivity index (χ4v) is 2.86. The number of carbonyl (C=O) groups excluding carboxylic acids is 3. The molecular weight excluding hydrogens is 352 g/mol. The van der Waals surface area contributed by atoms with E-state index in [1.807, 2.05) is 30.3 Å². The Labute approximate surface area is 153 Å². The van der Waals surface area contributed by atoms with Gasteiger partial charge in [0, 0.05) is 5.39 Å². The number of amides is 3. The van der Waals surface area contributed by atoms with E-state index in [9.17, 15) is 14.4 Å². The molecule has 0 aliphatic carbocycles. The van der Waals surface area contributed by atoms with Crippen molar-refractivity contribution >= 4 is 45.8 Å². The molecule has 2 aromatic heterocycles. The average Bonchev–Trinajstić information content (AvgIpc) is 3.19. The maximum Gasteiger partial charge on any atom is 0.261 e. The Morgan fingerprint density at radius 1 is 0.885 bits per heavy atom. The second kappa shape index (κ2) is 8.21. The number of nitrogens with zero attached hydrogens (tertiary/aromatic N) is 1. The largest absolute Gasteiger partial charge is 0.345 e. The lowest BCUT2D eigenvalue weighted by Crippen LogP contribution is -2.40. The van der Waals surface area contributed by atoms with Crippen molar-refractivity contribution < 1.29 is 14.4 Å². The minimum atomic E-state index is -0.448. The van der Waals surface area contributed by atoms with Crippen LogP contribution in [0.15, 0.2) is 53.9 Å². The van der Waals surface area contributed by atoms with E-state index in [2.05, 4.69) is 20.9 Å². The summed E-state index contributed by atoms with van der Waals surface area (Å²) >= 11 is 1.29. The first-order valence-electron chi connectivity index (χ1n) is 7.86. The van der Waals surface area contributed by atoms with Gasteiger partial charge in [-0.05, 0) is 29.6 Å². The lowest BCUT2D eigenvalue weighted by atomic mass is 10.2. The first kappa shape index (κ1) is 17.6. The maximum atomic E-state index is 11.9. The summed E-state index contributed by atoms with van der Waals surface area (Å²) in [5, 5.41) is 10.3. The van der Waals surface area contributed by atoms with Crippen LogP contribution in [-0.2, 0) is 9.59 Å². The second-order valence-electron chi connectivity index (χ2n) is 5.37. The molecule has 0 saturated carbocycles. The first-order chi connectivity index (χ1) is 12.6. The molecule has 0 fully saturated rings. The van der Waals surface area contributed by atoms with Crippen molar-refractivity contribution in [3.63, 3.8) is 0 Å². The number of aromatic nitrogens is 1. The molecule has 3 rings (SSSR count). The Kier molecular flexibility index (Phi) is 5.55. The molecule has 2 heterocycles. The zero-order valence-electron chi connectivity index (χ0n) is 13.7. The number of hydrogen-bond donors (Lipinski definition) is 3. The van der Waals surface area contributed by atoms with Gasteiger partial charge >= 0.3 is 0 Å². The number of hydrogen-bond acceptors (Lipinski definition) is 5. The summed E-state index contributed by atoms with van der Waals surface area (Å²) in [6.07, 6.45) is 0. The van der Waals surface area contributed by atoms with Crippen LogP contribution in [0, 0.1) is 0 Å². The molecule has 0 spiro atoms. The predicted octanol–water partition coefficient (Wildman–Crippen LogP) is 1.78. The minimum Gasteiger partial charge on any atom is -0.345 e. The van der Waals surface area contributed by atoms with E-state index in [0.29, 0.717) is 10.7 Å². The first-order valence-corrected chi connectivity index (χ1v) is 8.74. The van der Waals surface area contributed by atoms with Gasteiger partial charge in [0.25, 0.3) is 5.91 Å². The summed E-state index contributed by atoms with van der Waals surface area (Å²) in [6, 6.07) is 14.5. The van der Waals surface area contributed by atoms with E-state index >= 15 is 0 Å². The number of fused-ring (bicyclic) bond motifs is 1. The molecule has 0 atom stereocenters. The van der Waals surface area contributed by atoms with Gasteiger partial charge in [0.1, 0.15) is 5.82 Å². The standard InChI is InChI=1S/C18H16N4O3S/c23-16(10-20-18(25)14-6-3-9-26-14)19-11-17(24)22-15-8-7-12-4-1-2-5-13(12)21-15/h1-9H,10-11H2,(H,19,23)(H,20,25)(H,21,22,24). The number of anilines is 1. The van der Waals surface area contributed by atoms with Gasteiger partial charge in [-0.3, -0.25) is 14.4 Å². The number of rotatable bonds is 6. The van der Waals surface area contributed by atoms with Gasteiger partial charge in [-0.15, -0.1) is 11.3 Å². The monoisotopic (exact) mass is 368 g/mol. The second-order valence-corrected chi connectivity index (χ2v) is 6.32. The van der Waals surface area contributed by atoms with Crippen LogP contribution in [0.4, 0.5) is 5.82 Å². The highest BCUT2D eigenvalue weighted by Gasteiger charge is 2.10. The van der Waals surface area contributed by atoms with Gasteiger partial charge in [-0.2, -0.15) is 0 Å². The van der Waals surface area contributed by atoms with Crippen molar-refractivity contribution in [1.82, 2.24) is 15.6 Å². The molecule has 3 aromatic rings. The normalized spacial score (nSPS) is 10.3. The molecule has 7 nitrogen and oxygen atoms in total. The van der Waals surface area contributed by atoms with Gasteiger partial charge in [0.2, 0.25) is 11.8 Å². The Bertz CT molecular complexity index is 941. The number of nitrogens with one attached hydrogen (secondary N) is 3. The fourth-order valence-electron chi connectivity index (χ4n) is 2.22. The third-order valence-corrected chi connectivity index (χ3v) is 4.34. The molecule has 0 bridgehead atoms. The van der Waals surface area contributed by atoms with Crippen LogP contribution in [0.3, 0.4) is 0 Å². The van der Waals surface area contributed by atoms with Crippen molar-refractivity contribution in [2.45, 2.75) is 0 Å². The Morgan fingerprint density at radius 2 is 1.69 bits per heavy atom. The van der Waals surface area contributed by atoms with E-state index in [1.54, 1.807) is 23.6 Å². The lowest BCUT2D eigenvalue weighted by Gasteiger charge is -2.08. The highest BCUT2D eigenvalue weighted by Crippen LogP contribution is 2.14. The van der Waals surface area contributed by atoms with E-state index in [0.717, 1.165) is 10.9 Å². The van der Waals surface area contributed by atoms with Crippen molar-refractivity contribution in [3.8, 4) is 0 Å². The molecule has 8 heteroatoms. The molecule has 0 saturated heterocycles. The topological polar surface area (TPSA) is 100 Å². The Hall–Kier alpha value is -3.26. The zero-order chi connectivity index (χ0) is 18.4. The van der Waals surface area contributed by atoms with Crippen LogP contribution in [0.25, 0.3) is 10.9 Å². The number of carbonyl (C=O) groups is 3.